The van der Waals surface area contributed by atoms with Crippen LogP contribution in [0.4, 0.5) is 5.95 Å². The SMILES string of the molecule is Nc1nc2c(ncn2[C@@H]2C=C3C[C@](CC(=O)O)(C(=O)O)O[C@H]3[C@H]2O)c(=O)[nH]1. The summed E-state index contributed by atoms with van der Waals surface area (Å²) in [6, 6.07) is -0.722. The summed E-state index contributed by atoms with van der Waals surface area (Å²) in [5, 5.41) is 29.1. The Kier molecular flexibility index (Phi) is 3.58. The van der Waals surface area contributed by atoms with Crippen LogP contribution in [0, 0.1) is 0 Å². The van der Waals surface area contributed by atoms with Crippen molar-refractivity contribution in [1.82, 2.24) is 19.5 Å². The van der Waals surface area contributed by atoms with E-state index in [1.165, 1.54) is 10.9 Å². The van der Waals surface area contributed by atoms with Crippen LogP contribution in [-0.2, 0) is 14.3 Å². The van der Waals surface area contributed by atoms with Crippen LogP contribution in [0.2, 0.25) is 0 Å². The maximum absolute atomic E-state index is 11.9. The van der Waals surface area contributed by atoms with Crippen molar-refractivity contribution in [2.45, 2.75) is 36.7 Å². The first-order chi connectivity index (χ1) is 12.7. The quantitative estimate of drug-likeness (QED) is 0.397. The number of aliphatic carboxylic acids is 2. The van der Waals surface area contributed by atoms with E-state index in [1.807, 2.05) is 0 Å². The molecule has 3 heterocycles. The number of aliphatic hydroxyl groups is 1. The second-order valence-corrected chi connectivity index (χ2v) is 6.58. The number of nitrogens with zero attached hydrogens (tertiary/aromatic N) is 3. The molecule has 1 aliphatic carbocycles. The molecule has 12 heteroatoms. The molecule has 1 aliphatic heterocycles. The normalized spacial score (nSPS) is 29.7. The molecule has 1 fully saturated rings. The Balaban J connectivity index is 1.73. The van der Waals surface area contributed by atoms with E-state index in [4.69, 9.17) is 15.6 Å². The van der Waals surface area contributed by atoms with Crippen molar-refractivity contribution in [1.29, 1.82) is 0 Å². The number of H-pyrrole nitrogens is 1. The molecule has 12 nitrogen and oxygen atoms in total. The number of carboxylic acid groups (broad SMARTS) is 2. The maximum Gasteiger partial charge on any atom is 0.336 e. The molecule has 27 heavy (non-hydrogen) atoms. The van der Waals surface area contributed by atoms with Gasteiger partial charge >= 0.3 is 11.9 Å². The number of anilines is 1. The van der Waals surface area contributed by atoms with Crippen LogP contribution in [0.5, 0.6) is 0 Å². The van der Waals surface area contributed by atoms with Gasteiger partial charge in [0, 0.05) is 6.42 Å². The van der Waals surface area contributed by atoms with Gasteiger partial charge in [0.15, 0.2) is 16.8 Å². The third kappa shape index (κ3) is 2.49. The number of ether oxygens (including phenoxy) is 1. The van der Waals surface area contributed by atoms with E-state index < -0.39 is 47.8 Å². The summed E-state index contributed by atoms with van der Waals surface area (Å²) in [5.74, 6) is -2.83. The smallest absolute Gasteiger partial charge is 0.336 e. The number of nitrogen functional groups attached to an aromatic ring is 1. The molecule has 6 N–H and O–H groups in total. The minimum absolute atomic E-state index is 0.0403. The van der Waals surface area contributed by atoms with Gasteiger partial charge in [-0.1, -0.05) is 6.08 Å². The van der Waals surface area contributed by atoms with Gasteiger partial charge in [-0.15, -0.1) is 0 Å². The standard InChI is InChI=1S/C15H15N5O7/c16-14-18-11-8(12(24)19-14)17-4-20(11)6-1-5-2-15(13(25)26,3-7(21)22)27-10(5)9(6)23/h1,4,6,9-10,23H,2-3H2,(H,21,22)(H,25,26)(H3,16,18,19,24)/t6-,9+,10-,15+/m1/s1. The number of aromatic nitrogens is 4. The third-order valence-electron chi connectivity index (χ3n) is 4.85. The van der Waals surface area contributed by atoms with Gasteiger partial charge in [-0.2, -0.15) is 4.98 Å². The Labute approximate surface area is 149 Å². The number of carbonyl (C=O) groups is 2. The number of hydrogen-bond donors (Lipinski definition) is 5. The Morgan fingerprint density at radius 1 is 1.44 bits per heavy atom. The highest BCUT2D eigenvalue weighted by Gasteiger charge is 2.56. The summed E-state index contributed by atoms with van der Waals surface area (Å²) in [6.45, 7) is 0. The molecule has 2 aromatic rings. The van der Waals surface area contributed by atoms with Crippen molar-refractivity contribution in [2.24, 2.45) is 0 Å². The molecule has 0 unspecified atom stereocenters. The summed E-state index contributed by atoms with van der Waals surface area (Å²) in [4.78, 5) is 44.8. The Bertz CT molecular complexity index is 1060. The summed E-state index contributed by atoms with van der Waals surface area (Å²) in [6.07, 6.45) is -0.191. The lowest BCUT2D eigenvalue weighted by Gasteiger charge is -2.26. The average Bonchev–Trinajstić information content (AvgIpc) is 3.20. The molecule has 0 bridgehead atoms. The van der Waals surface area contributed by atoms with E-state index in [0.717, 1.165) is 0 Å². The number of nitrogens with two attached hydrogens (primary N) is 1. The highest BCUT2D eigenvalue weighted by Crippen LogP contribution is 2.46. The molecule has 0 aromatic carbocycles. The lowest BCUT2D eigenvalue weighted by molar-refractivity contribution is -0.175. The molecule has 1 saturated heterocycles. The van der Waals surface area contributed by atoms with Crippen molar-refractivity contribution < 1.29 is 29.6 Å². The fourth-order valence-corrected chi connectivity index (χ4v) is 3.69. The van der Waals surface area contributed by atoms with Crippen LogP contribution >= 0.6 is 0 Å². The Morgan fingerprint density at radius 2 is 2.19 bits per heavy atom. The average molecular weight is 377 g/mol. The summed E-state index contributed by atoms with van der Waals surface area (Å²) in [5.41, 5.74) is 3.78. The van der Waals surface area contributed by atoms with E-state index >= 15 is 0 Å². The minimum atomic E-state index is -1.93. The van der Waals surface area contributed by atoms with Crippen molar-refractivity contribution >= 4 is 29.1 Å². The first kappa shape index (κ1) is 17.2. The molecule has 0 radical (unpaired) electrons. The number of aromatic amines is 1. The molecule has 2 aromatic heterocycles. The maximum atomic E-state index is 11.9. The third-order valence-corrected chi connectivity index (χ3v) is 4.85. The molecule has 4 atom stereocenters. The van der Waals surface area contributed by atoms with Crippen LogP contribution in [0.15, 0.2) is 22.8 Å². The number of carboxylic acids is 2. The Hall–Kier alpha value is -3.25. The van der Waals surface area contributed by atoms with E-state index in [-0.39, 0.29) is 23.5 Å². The van der Waals surface area contributed by atoms with Gasteiger partial charge in [0.1, 0.15) is 12.2 Å². The first-order valence-corrected chi connectivity index (χ1v) is 7.96. The van der Waals surface area contributed by atoms with Gasteiger partial charge in [0.2, 0.25) is 5.95 Å². The van der Waals surface area contributed by atoms with Crippen molar-refractivity contribution in [3.05, 3.63) is 28.3 Å². The summed E-state index contributed by atoms with van der Waals surface area (Å²) < 4.78 is 6.94. The molecule has 4 rings (SSSR count). The molecular weight excluding hydrogens is 362 g/mol. The summed E-state index contributed by atoms with van der Waals surface area (Å²) in [7, 11) is 0. The van der Waals surface area contributed by atoms with Crippen molar-refractivity contribution in [3.63, 3.8) is 0 Å². The van der Waals surface area contributed by atoms with Crippen molar-refractivity contribution in [3.8, 4) is 0 Å². The number of fused-ring (bicyclic) bond motifs is 2. The molecular formula is C15H15N5O7. The predicted octanol–water partition coefficient (Wildman–Crippen LogP) is -1.37. The van der Waals surface area contributed by atoms with E-state index in [0.29, 0.717) is 5.57 Å². The van der Waals surface area contributed by atoms with Crippen LogP contribution in [0.3, 0.4) is 0 Å². The van der Waals surface area contributed by atoms with Crippen LogP contribution in [0.1, 0.15) is 18.9 Å². The van der Waals surface area contributed by atoms with Crippen LogP contribution < -0.4 is 11.3 Å². The summed E-state index contributed by atoms with van der Waals surface area (Å²) >= 11 is 0. The molecule has 0 spiro atoms. The first-order valence-electron chi connectivity index (χ1n) is 7.96. The van der Waals surface area contributed by atoms with Gasteiger partial charge in [-0.3, -0.25) is 14.6 Å². The second-order valence-electron chi connectivity index (χ2n) is 6.58. The van der Waals surface area contributed by atoms with E-state index in [1.54, 1.807) is 6.08 Å². The fourth-order valence-electron chi connectivity index (χ4n) is 3.69. The van der Waals surface area contributed by atoms with Gasteiger partial charge in [-0.25, -0.2) is 9.78 Å². The van der Waals surface area contributed by atoms with E-state index in [9.17, 15) is 24.6 Å². The van der Waals surface area contributed by atoms with Crippen LogP contribution in [-0.4, -0.2) is 64.6 Å². The monoisotopic (exact) mass is 377 g/mol. The second kappa shape index (κ2) is 5.62. The minimum Gasteiger partial charge on any atom is -0.481 e. The molecule has 0 saturated carbocycles. The van der Waals surface area contributed by atoms with E-state index in [2.05, 4.69) is 15.0 Å². The van der Waals surface area contributed by atoms with Gasteiger partial charge in [0.25, 0.3) is 5.56 Å². The fraction of sp³-hybridized carbons (Fsp3) is 0.400. The highest BCUT2D eigenvalue weighted by molar-refractivity contribution is 5.85. The topological polar surface area (TPSA) is 194 Å². The van der Waals surface area contributed by atoms with Gasteiger partial charge in [0.05, 0.1) is 18.8 Å². The molecule has 0 amide bonds. The lowest BCUT2D eigenvalue weighted by Crippen LogP contribution is -2.43. The van der Waals surface area contributed by atoms with Gasteiger partial charge < -0.3 is 30.4 Å². The molecule has 2 aliphatic rings. The lowest BCUT2D eigenvalue weighted by atomic mass is 9.94. The predicted molar refractivity (Wildman–Crippen MR) is 87.8 cm³/mol. The largest absolute Gasteiger partial charge is 0.481 e. The number of aliphatic hydroxyl groups excluding tert-OH is 1. The molecule has 142 valence electrons. The zero-order valence-corrected chi connectivity index (χ0v) is 13.7. The highest BCUT2D eigenvalue weighted by atomic mass is 16.6. The zero-order valence-electron chi connectivity index (χ0n) is 13.7. The number of imidazole rings is 1. The zero-order chi connectivity index (χ0) is 19.5. The Morgan fingerprint density at radius 3 is 2.81 bits per heavy atom. The van der Waals surface area contributed by atoms with Gasteiger partial charge in [-0.05, 0) is 5.57 Å². The van der Waals surface area contributed by atoms with Crippen LogP contribution in [0.25, 0.3) is 11.2 Å². The number of rotatable bonds is 4. The number of nitrogens with one attached hydrogen (secondary N) is 1. The van der Waals surface area contributed by atoms with Crippen molar-refractivity contribution in [2.75, 3.05) is 5.73 Å². The number of hydrogen-bond acceptors (Lipinski definition) is 8.